The minimum Gasteiger partial charge on any atom is -0.339 e. The average molecular weight is 312 g/mol. The summed E-state index contributed by atoms with van der Waals surface area (Å²) in [6.07, 6.45) is 4.91. The van der Waals surface area contributed by atoms with Crippen molar-refractivity contribution in [1.29, 1.82) is 0 Å². The van der Waals surface area contributed by atoms with Crippen LogP contribution in [0.25, 0.3) is 0 Å². The van der Waals surface area contributed by atoms with Gasteiger partial charge in [-0.1, -0.05) is 0 Å². The van der Waals surface area contributed by atoms with Crippen molar-refractivity contribution < 1.29 is 9.18 Å². The maximum atomic E-state index is 13.1. The zero-order valence-electron chi connectivity index (χ0n) is 10.1. The molecule has 1 aromatic rings. The number of carbonyl (C=O) groups is 1. The van der Waals surface area contributed by atoms with Gasteiger partial charge in [0.15, 0.2) is 0 Å². The molecule has 1 aliphatic carbocycles. The number of halogens is 2. The molecule has 0 unspecified atom stereocenters. The number of hydrogen-bond acceptors (Lipinski definition) is 1. The summed E-state index contributed by atoms with van der Waals surface area (Å²) in [5, 5.41) is 0. The van der Waals surface area contributed by atoms with E-state index in [-0.39, 0.29) is 11.7 Å². The molecule has 1 aliphatic heterocycles. The fraction of sp³-hybridized carbons (Fsp3) is 0.500. The van der Waals surface area contributed by atoms with Gasteiger partial charge in [0.25, 0.3) is 5.91 Å². The summed E-state index contributed by atoms with van der Waals surface area (Å²) in [6, 6.07) is 4.47. The second kappa shape index (κ2) is 4.34. The van der Waals surface area contributed by atoms with E-state index in [9.17, 15) is 9.18 Å². The molecule has 3 rings (SSSR count). The third-order valence-corrected chi connectivity index (χ3v) is 4.84. The van der Waals surface area contributed by atoms with Crippen LogP contribution < -0.4 is 0 Å². The first kappa shape index (κ1) is 12.2. The minimum absolute atomic E-state index is 0.0196. The molecule has 1 saturated carbocycles. The van der Waals surface area contributed by atoms with Gasteiger partial charge in [-0.3, -0.25) is 4.79 Å². The Morgan fingerprint density at radius 3 is 2.44 bits per heavy atom. The van der Waals surface area contributed by atoms with Crippen LogP contribution in [0.1, 0.15) is 36.0 Å². The lowest BCUT2D eigenvalue weighted by Gasteiger charge is -2.32. The molecule has 4 heteroatoms. The van der Waals surface area contributed by atoms with Crippen LogP contribution in [-0.4, -0.2) is 23.9 Å². The molecule has 1 amide bonds. The van der Waals surface area contributed by atoms with Gasteiger partial charge in [-0.2, -0.15) is 0 Å². The highest BCUT2D eigenvalue weighted by atomic mass is 79.9. The second-order valence-electron chi connectivity index (χ2n) is 5.42. The molecule has 0 radical (unpaired) electrons. The quantitative estimate of drug-likeness (QED) is 0.776. The van der Waals surface area contributed by atoms with Gasteiger partial charge in [-0.15, -0.1) is 0 Å². The van der Waals surface area contributed by atoms with Crippen molar-refractivity contribution >= 4 is 21.8 Å². The predicted molar refractivity (Wildman–Crippen MR) is 70.9 cm³/mol. The van der Waals surface area contributed by atoms with Crippen molar-refractivity contribution in [2.75, 3.05) is 13.1 Å². The molecular formula is C14H15BrFNO. The van der Waals surface area contributed by atoms with E-state index in [1.807, 2.05) is 4.90 Å². The van der Waals surface area contributed by atoms with Gasteiger partial charge in [0.05, 0.1) is 4.47 Å². The summed E-state index contributed by atoms with van der Waals surface area (Å²) in [5.41, 5.74) is 1.13. The SMILES string of the molecule is O=C(c1ccc(F)c(Br)c1)N1CCC2(CC1)CC2. The predicted octanol–water partition coefficient (Wildman–Crippen LogP) is 3.60. The Morgan fingerprint density at radius 1 is 1.22 bits per heavy atom. The van der Waals surface area contributed by atoms with Crippen LogP contribution in [0.5, 0.6) is 0 Å². The monoisotopic (exact) mass is 311 g/mol. The van der Waals surface area contributed by atoms with Gasteiger partial charge < -0.3 is 4.90 Å². The van der Waals surface area contributed by atoms with Crippen LogP contribution in [0.4, 0.5) is 4.39 Å². The van der Waals surface area contributed by atoms with E-state index >= 15 is 0 Å². The van der Waals surface area contributed by atoms with Crippen LogP contribution >= 0.6 is 15.9 Å². The molecule has 0 atom stereocenters. The normalized spacial score (nSPS) is 21.1. The molecule has 1 saturated heterocycles. The summed E-state index contributed by atoms with van der Waals surface area (Å²) >= 11 is 3.12. The smallest absolute Gasteiger partial charge is 0.253 e. The summed E-state index contributed by atoms with van der Waals surface area (Å²) in [5.74, 6) is -0.312. The van der Waals surface area contributed by atoms with E-state index in [1.54, 1.807) is 12.1 Å². The molecule has 0 bridgehead atoms. The maximum Gasteiger partial charge on any atom is 0.253 e. The Hall–Kier alpha value is -0.900. The highest BCUT2D eigenvalue weighted by Crippen LogP contribution is 2.53. The van der Waals surface area contributed by atoms with Crippen LogP contribution in [-0.2, 0) is 0 Å². The number of hydrogen-bond donors (Lipinski definition) is 0. The van der Waals surface area contributed by atoms with E-state index in [2.05, 4.69) is 15.9 Å². The lowest BCUT2D eigenvalue weighted by molar-refractivity contribution is 0.0678. The maximum absolute atomic E-state index is 13.1. The third-order valence-electron chi connectivity index (χ3n) is 4.23. The van der Waals surface area contributed by atoms with Gasteiger partial charge in [0, 0.05) is 18.7 Å². The zero-order chi connectivity index (χ0) is 12.8. The van der Waals surface area contributed by atoms with Crippen molar-refractivity contribution in [3.05, 3.63) is 34.1 Å². The van der Waals surface area contributed by atoms with Crippen molar-refractivity contribution in [1.82, 2.24) is 4.90 Å². The molecule has 18 heavy (non-hydrogen) atoms. The van der Waals surface area contributed by atoms with Gasteiger partial charge in [-0.05, 0) is 65.2 Å². The van der Waals surface area contributed by atoms with Gasteiger partial charge in [0.1, 0.15) is 5.82 Å². The Bertz CT molecular complexity index is 489. The molecule has 96 valence electrons. The van der Waals surface area contributed by atoms with Crippen molar-refractivity contribution in [3.8, 4) is 0 Å². The first-order valence-electron chi connectivity index (χ1n) is 6.34. The molecule has 1 spiro atoms. The number of carbonyl (C=O) groups excluding carboxylic acids is 1. The third kappa shape index (κ3) is 2.18. The Labute approximate surface area is 114 Å². The van der Waals surface area contributed by atoms with Crippen LogP contribution in [0, 0.1) is 11.2 Å². The fourth-order valence-corrected chi connectivity index (χ4v) is 3.05. The van der Waals surface area contributed by atoms with E-state index in [0.29, 0.717) is 15.5 Å². The van der Waals surface area contributed by atoms with E-state index in [0.717, 1.165) is 25.9 Å². The molecule has 2 fully saturated rings. The summed E-state index contributed by atoms with van der Waals surface area (Å²) in [6.45, 7) is 1.68. The first-order valence-corrected chi connectivity index (χ1v) is 7.13. The number of amides is 1. The standard InChI is InChI=1S/C14H15BrFNO/c15-11-9-10(1-2-12(11)16)13(18)17-7-5-14(3-4-14)6-8-17/h1-2,9H,3-8H2. The number of benzene rings is 1. The highest BCUT2D eigenvalue weighted by molar-refractivity contribution is 9.10. The van der Waals surface area contributed by atoms with E-state index in [1.165, 1.54) is 18.9 Å². The van der Waals surface area contributed by atoms with Crippen molar-refractivity contribution in [3.63, 3.8) is 0 Å². The molecule has 2 aliphatic rings. The number of nitrogens with zero attached hydrogens (tertiary/aromatic N) is 1. The van der Waals surface area contributed by atoms with Gasteiger partial charge in [-0.25, -0.2) is 4.39 Å². The molecule has 1 aromatic carbocycles. The molecule has 0 N–H and O–H groups in total. The Morgan fingerprint density at radius 2 is 1.89 bits per heavy atom. The number of rotatable bonds is 1. The lowest BCUT2D eigenvalue weighted by Crippen LogP contribution is -2.39. The summed E-state index contributed by atoms with van der Waals surface area (Å²) < 4.78 is 13.5. The van der Waals surface area contributed by atoms with E-state index < -0.39 is 0 Å². The van der Waals surface area contributed by atoms with Crippen molar-refractivity contribution in [2.45, 2.75) is 25.7 Å². The zero-order valence-corrected chi connectivity index (χ0v) is 11.7. The molecule has 1 heterocycles. The van der Waals surface area contributed by atoms with Crippen LogP contribution in [0.2, 0.25) is 0 Å². The fourth-order valence-electron chi connectivity index (χ4n) is 2.67. The molecule has 2 nitrogen and oxygen atoms in total. The average Bonchev–Trinajstić information content (AvgIpc) is 3.12. The Kier molecular flexibility index (Phi) is 2.93. The largest absolute Gasteiger partial charge is 0.339 e. The molecule has 0 aromatic heterocycles. The minimum atomic E-state index is -0.331. The van der Waals surface area contributed by atoms with Crippen LogP contribution in [0.3, 0.4) is 0 Å². The Balaban J connectivity index is 1.72. The number of piperidine rings is 1. The highest BCUT2D eigenvalue weighted by Gasteiger charge is 2.45. The van der Waals surface area contributed by atoms with Gasteiger partial charge in [0.2, 0.25) is 0 Å². The van der Waals surface area contributed by atoms with Crippen LogP contribution in [0.15, 0.2) is 22.7 Å². The van der Waals surface area contributed by atoms with E-state index in [4.69, 9.17) is 0 Å². The topological polar surface area (TPSA) is 20.3 Å². The lowest BCUT2D eigenvalue weighted by atomic mass is 9.93. The number of likely N-dealkylation sites (tertiary alicyclic amines) is 1. The van der Waals surface area contributed by atoms with Gasteiger partial charge >= 0.3 is 0 Å². The molecular weight excluding hydrogens is 297 g/mol. The second-order valence-corrected chi connectivity index (χ2v) is 6.28. The summed E-state index contributed by atoms with van der Waals surface area (Å²) in [4.78, 5) is 14.2. The van der Waals surface area contributed by atoms with Crippen molar-refractivity contribution in [2.24, 2.45) is 5.41 Å². The first-order chi connectivity index (χ1) is 8.60. The summed E-state index contributed by atoms with van der Waals surface area (Å²) in [7, 11) is 0.